The molecule has 4 heterocycles. The van der Waals surface area contributed by atoms with Crippen molar-refractivity contribution in [3.05, 3.63) is 58.7 Å². The molecule has 12 heteroatoms. The Morgan fingerprint density at radius 3 is 2.21 bits per heavy atom. The third-order valence-electron chi connectivity index (χ3n) is 10.3. The molecule has 4 aliphatic heterocycles. The Balaban J connectivity index is 1.08. The van der Waals surface area contributed by atoms with Gasteiger partial charge in [-0.25, -0.2) is 9.59 Å². The predicted molar refractivity (Wildman–Crippen MR) is 181 cm³/mol. The second-order valence-corrected chi connectivity index (χ2v) is 15.0. The minimum Gasteiger partial charge on any atom is -0.507 e. The number of benzene rings is 2. The van der Waals surface area contributed by atoms with Gasteiger partial charge in [0.25, 0.3) is 5.91 Å². The predicted octanol–water partition coefficient (Wildman–Crippen LogP) is 3.67. The molecule has 0 aromatic heterocycles. The zero-order valence-electron chi connectivity index (χ0n) is 27.5. The van der Waals surface area contributed by atoms with Crippen LogP contribution in [0.5, 0.6) is 5.75 Å². The normalized spacial score (nSPS) is 21.1. The van der Waals surface area contributed by atoms with Crippen molar-refractivity contribution in [2.24, 2.45) is 0 Å². The number of ether oxygens (including phenoxy) is 1. The van der Waals surface area contributed by atoms with Gasteiger partial charge in [0.2, 0.25) is 0 Å². The van der Waals surface area contributed by atoms with Crippen LogP contribution in [0.25, 0.3) is 0 Å². The number of anilines is 1. The van der Waals surface area contributed by atoms with Crippen LogP contribution < -0.4 is 5.32 Å². The van der Waals surface area contributed by atoms with Gasteiger partial charge in [-0.1, -0.05) is 30.3 Å². The molecule has 3 fully saturated rings. The Hall–Kier alpha value is -3.64. The first-order valence-corrected chi connectivity index (χ1v) is 18.4. The van der Waals surface area contributed by atoms with Crippen molar-refractivity contribution in [2.75, 3.05) is 62.6 Å². The molecule has 254 valence electrons. The van der Waals surface area contributed by atoms with Gasteiger partial charge in [0.15, 0.2) is 6.10 Å². The molecule has 4 aliphatic rings. The summed E-state index contributed by atoms with van der Waals surface area (Å²) in [5.41, 5.74) is 4.22. The van der Waals surface area contributed by atoms with Gasteiger partial charge in [-0.3, -0.25) is 13.9 Å². The zero-order valence-corrected chi connectivity index (χ0v) is 28.3. The van der Waals surface area contributed by atoms with E-state index in [1.54, 1.807) is 4.90 Å². The molecule has 1 atom stereocenters. The minimum absolute atomic E-state index is 0.00920. The van der Waals surface area contributed by atoms with Gasteiger partial charge in [-0.05, 0) is 74.3 Å². The third-order valence-corrected chi connectivity index (χ3v) is 11.6. The molecule has 0 bridgehead atoms. The van der Waals surface area contributed by atoms with Gasteiger partial charge in [0.1, 0.15) is 5.75 Å². The Morgan fingerprint density at radius 1 is 0.915 bits per heavy atom. The summed E-state index contributed by atoms with van der Waals surface area (Å²) in [5.74, 6) is 1.44. The monoisotopic (exact) mass is 665 g/mol. The summed E-state index contributed by atoms with van der Waals surface area (Å²) in [4.78, 5) is 48.4. The number of para-hydroxylation sites is 1. The van der Waals surface area contributed by atoms with Gasteiger partial charge in [-0.2, -0.15) is 0 Å². The van der Waals surface area contributed by atoms with E-state index < -0.39 is 23.0 Å². The van der Waals surface area contributed by atoms with Gasteiger partial charge in [0.05, 0.1) is 0 Å². The Morgan fingerprint density at radius 2 is 1.53 bits per heavy atom. The quantitative estimate of drug-likeness (QED) is 0.483. The summed E-state index contributed by atoms with van der Waals surface area (Å²) in [6, 6.07) is 11.8. The van der Waals surface area contributed by atoms with Crippen LogP contribution in [0, 0.1) is 13.8 Å². The lowest BCUT2D eigenvalue weighted by atomic mass is 9.99. The van der Waals surface area contributed by atoms with E-state index in [-0.39, 0.29) is 30.2 Å². The van der Waals surface area contributed by atoms with Crippen molar-refractivity contribution in [3.63, 3.8) is 0 Å². The molecule has 2 aromatic carbocycles. The van der Waals surface area contributed by atoms with Gasteiger partial charge in [0, 0.05) is 92.3 Å². The fraction of sp³-hybridized carbons (Fsp3) is 0.571. The fourth-order valence-corrected chi connectivity index (χ4v) is 8.60. The number of aromatic hydroxyl groups is 1. The lowest BCUT2D eigenvalue weighted by molar-refractivity contribution is -0.142. The third kappa shape index (κ3) is 7.75. The maximum Gasteiger partial charge on any atom is 0.410 e. The molecule has 2 N–H and O–H groups in total. The molecule has 0 spiro atoms. The number of rotatable bonds is 6. The fourth-order valence-electron chi connectivity index (χ4n) is 7.52. The number of aryl methyl sites for hydroxylation is 2. The smallest absolute Gasteiger partial charge is 0.410 e. The average Bonchev–Trinajstić information content (AvgIpc) is 3.25. The Bertz CT molecular complexity index is 1470. The topological polar surface area (TPSA) is 123 Å². The van der Waals surface area contributed by atoms with Crippen LogP contribution in [0.3, 0.4) is 0 Å². The summed E-state index contributed by atoms with van der Waals surface area (Å²) in [6.45, 7) is 7.96. The lowest BCUT2D eigenvalue weighted by Crippen LogP contribution is -2.53. The highest BCUT2D eigenvalue weighted by Gasteiger charge is 2.36. The second kappa shape index (κ2) is 14.6. The number of urea groups is 1. The molecule has 4 amide bonds. The molecule has 6 rings (SSSR count). The number of carbonyl (C=O) groups is 3. The minimum atomic E-state index is -0.993. The van der Waals surface area contributed by atoms with Gasteiger partial charge in [-0.15, -0.1) is 0 Å². The standard InChI is InChI=1S/C35H47N5O6S/c1-24-21-26(22-25(2)32(24)41)23-31(33(42)38-12-8-28(9-13-38)37-17-19-47(45)20-18-37)46-35(44)39-14-10-29(11-15-39)40-16-7-27-5-3-4-6-30(27)36-34(40)43/h3-6,21-22,28-29,31,41H,7-20,23H2,1-2H3,(H,36,43). The number of hydrogen-bond acceptors (Lipinski definition) is 7. The highest BCUT2D eigenvalue weighted by atomic mass is 32.2. The number of piperidine rings is 2. The molecule has 3 saturated heterocycles. The number of fused-ring (bicyclic) bond motifs is 1. The molecule has 0 aliphatic carbocycles. The van der Waals surface area contributed by atoms with E-state index >= 15 is 0 Å². The van der Waals surface area contributed by atoms with E-state index in [2.05, 4.69) is 10.2 Å². The highest BCUT2D eigenvalue weighted by molar-refractivity contribution is 7.85. The zero-order chi connectivity index (χ0) is 33.1. The summed E-state index contributed by atoms with van der Waals surface area (Å²) < 4.78 is 17.9. The van der Waals surface area contributed by atoms with Crippen LogP contribution in [0.2, 0.25) is 0 Å². The van der Waals surface area contributed by atoms with Crippen LogP contribution in [-0.4, -0.2) is 122 Å². The average molecular weight is 666 g/mol. The molecule has 0 radical (unpaired) electrons. The highest BCUT2D eigenvalue weighted by Crippen LogP contribution is 2.27. The number of phenolic OH excluding ortho intramolecular Hbond substituents is 1. The van der Waals surface area contributed by atoms with Crippen molar-refractivity contribution < 1.29 is 28.4 Å². The first-order valence-electron chi connectivity index (χ1n) is 16.9. The molecular weight excluding hydrogens is 618 g/mol. The van der Waals surface area contributed by atoms with Crippen LogP contribution in [0.1, 0.15) is 47.9 Å². The number of nitrogens with zero attached hydrogens (tertiary/aromatic N) is 4. The van der Waals surface area contributed by atoms with E-state index in [4.69, 9.17) is 4.74 Å². The van der Waals surface area contributed by atoms with Crippen molar-refractivity contribution in [1.82, 2.24) is 19.6 Å². The van der Waals surface area contributed by atoms with Gasteiger partial charge >= 0.3 is 12.1 Å². The summed E-state index contributed by atoms with van der Waals surface area (Å²) in [5, 5.41) is 13.4. The maximum atomic E-state index is 14.0. The van der Waals surface area contributed by atoms with Crippen LogP contribution in [0.15, 0.2) is 36.4 Å². The molecule has 11 nitrogen and oxygen atoms in total. The molecule has 2 aromatic rings. The van der Waals surface area contributed by atoms with Crippen LogP contribution in [-0.2, 0) is 33.2 Å². The first-order chi connectivity index (χ1) is 22.7. The van der Waals surface area contributed by atoms with Crippen molar-refractivity contribution in [2.45, 2.75) is 70.6 Å². The van der Waals surface area contributed by atoms with Gasteiger partial charge < -0.3 is 29.9 Å². The SMILES string of the molecule is Cc1cc(CC(OC(=O)N2CCC(N3CCc4ccccc4NC3=O)CC2)C(=O)N2CCC(N3CCS(=O)CC3)CC2)cc(C)c1O. The molecular formula is C35H47N5O6S. The summed E-state index contributed by atoms with van der Waals surface area (Å²) in [6.07, 6.45) is 2.41. The van der Waals surface area contributed by atoms with Crippen molar-refractivity contribution in [3.8, 4) is 5.75 Å². The van der Waals surface area contributed by atoms with Crippen LogP contribution >= 0.6 is 0 Å². The largest absolute Gasteiger partial charge is 0.507 e. The van der Waals surface area contributed by atoms with E-state index in [9.17, 15) is 23.7 Å². The number of amides is 4. The molecule has 0 saturated carbocycles. The molecule has 47 heavy (non-hydrogen) atoms. The van der Waals surface area contributed by atoms with E-state index in [0.29, 0.717) is 74.2 Å². The second-order valence-electron chi connectivity index (χ2n) is 13.3. The van der Waals surface area contributed by atoms with E-state index in [1.165, 1.54) is 0 Å². The van der Waals surface area contributed by atoms with Crippen LogP contribution in [0.4, 0.5) is 15.3 Å². The summed E-state index contributed by atoms with van der Waals surface area (Å²) in [7, 11) is -0.727. The van der Waals surface area contributed by atoms with Crippen molar-refractivity contribution in [1.29, 1.82) is 0 Å². The number of carbonyl (C=O) groups excluding carboxylic acids is 3. The maximum absolute atomic E-state index is 14.0. The lowest BCUT2D eigenvalue weighted by Gasteiger charge is -2.41. The Labute approximate surface area is 279 Å². The Kier molecular flexibility index (Phi) is 10.4. The first kappa shape index (κ1) is 33.3. The molecule has 1 unspecified atom stereocenters. The number of nitrogens with one attached hydrogen (secondary N) is 1. The number of hydrogen-bond donors (Lipinski definition) is 2. The van der Waals surface area contributed by atoms with E-state index in [0.717, 1.165) is 49.2 Å². The van der Waals surface area contributed by atoms with Crippen molar-refractivity contribution >= 4 is 34.5 Å². The number of phenols is 1. The van der Waals surface area contributed by atoms with E-state index in [1.807, 2.05) is 60.0 Å². The number of likely N-dealkylation sites (tertiary alicyclic amines) is 2. The summed E-state index contributed by atoms with van der Waals surface area (Å²) >= 11 is 0.